The summed E-state index contributed by atoms with van der Waals surface area (Å²) in [5, 5.41) is 15.3. The average Bonchev–Trinajstić information content (AvgIpc) is 2.82. The Morgan fingerprint density at radius 1 is 1.50 bits per heavy atom. The predicted molar refractivity (Wildman–Crippen MR) is 67.7 cm³/mol. The van der Waals surface area contributed by atoms with E-state index in [1.807, 2.05) is 6.92 Å². The molecule has 7 heteroatoms. The summed E-state index contributed by atoms with van der Waals surface area (Å²) in [6.07, 6.45) is 1.87. The number of carboxylic acid groups (broad SMARTS) is 1. The number of hydrogen-bond acceptors (Lipinski definition) is 5. The van der Waals surface area contributed by atoms with Crippen LogP contribution in [0.2, 0.25) is 0 Å². The van der Waals surface area contributed by atoms with Gasteiger partial charge in [-0.05, 0) is 30.8 Å². The van der Waals surface area contributed by atoms with Gasteiger partial charge in [0.1, 0.15) is 4.88 Å². The normalized spacial score (nSPS) is 12.1. The molecule has 1 unspecified atom stereocenters. The standard InChI is InChI=1S/C11H17N3O3S/c1-3-8-9(18-14-13-8)10(15)12-6-4-5-7(2)11(16)17/h7H,3-6H2,1-2H3,(H,12,15)(H,16,17). The fourth-order valence-corrected chi connectivity index (χ4v) is 2.09. The lowest BCUT2D eigenvalue weighted by molar-refractivity contribution is -0.141. The molecule has 1 rings (SSSR count). The molecule has 0 aliphatic carbocycles. The predicted octanol–water partition coefficient (Wildman–Crippen LogP) is 1.33. The van der Waals surface area contributed by atoms with Crippen molar-refractivity contribution in [3.63, 3.8) is 0 Å². The smallest absolute Gasteiger partial charge is 0.306 e. The van der Waals surface area contributed by atoms with E-state index in [2.05, 4.69) is 14.9 Å². The number of nitrogens with one attached hydrogen (secondary N) is 1. The van der Waals surface area contributed by atoms with Crippen LogP contribution < -0.4 is 5.32 Å². The first-order valence-electron chi connectivity index (χ1n) is 5.88. The maximum absolute atomic E-state index is 11.8. The Bertz CT molecular complexity index is 419. The number of aliphatic carboxylic acids is 1. The molecule has 1 atom stereocenters. The van der Waals surface area contributed by atoms with Crippen molar-refractivity contribution in [3.8, 4) is 0 Å². The molecule has 0 bridgehead atoms. The molecule has 2 N–H and O–H groups in total. The number of aryl methyl sites for hydroxylation is 1. The summed E-state index contributed by atoms with van der Waals surface area (Å²) in [5.41, 5.74) is 0.705. The van der Waals surface area contributed by atoms with Crippen molar-refractivity contribution in [2.24, 2.45) is 5.92 Å². The van der Waals surface area contributed by atoms with Crippen LogP contribution in [-0.2, 0) is 11.2 Å². The van der Waals surface area contributed by atoms with Crippen LogP contribution in [0.1, 0.15) is 42.1 Å². The van der Waals surface area contributed by atoms with E-state index >= 15 is 0 Å². The zero-order valence-corrected chi connectivity index (χ0v) is 11.3. The lowest BCUT2D eigenvalue weighted by atomic mass is 10.1. The van der Waals surface area contributed by atoms with Gasteiger partial charge in [-0.3, -0.25) is 9.59 Å². The highest BCUT2D eigenvalue weighted by Crippen LogP contribution is 2.11. The van der Waals surface area contributed by atoms with Crippen LogP contribution in [0.5, 0.6) is 0 Å². The maximum Gasteiger partial charge on any atom is 0.306 e. The molecule has 0 aliphatic heterocycles. The number of carbonyl (C=O) groups is 2. The number of aromatic nitrogens is 2. The van der Waals surface area contributed by atoms with Gasteiger partial charge in [-0.1, -0.05) is 18.3 Å². The zero-order chi connectivity index (χ0) is 13.5. The Morgan fingerprint density at radius 3 is 2.83 bits per heavy atom. The molecule has 0 spiro atoms. The minimum atomic E-state index is -0.804. The summed E-state index contributed by atoms with van der Waals surface area (Å²) >= 11 is 1.08. The number of rotatable bonds is 7. The Balaban J connectivity index is 2.32. The number of amides is 1. The van der Waals surface area contributed by atoms with Crippen LogP contribution >= 0.6 is 11.5 Å². The third-order valence-electron chi connectivity index (χ3n) is 2.62. The van der Waals surface area contributed by atoms with Gasteiger partial charge in [0.25, 0.3) is 5.91 Å². The number of carboxylic acids is 1. The van der Waals surface area contributed by atoms with Crippen molar-refractivity contribution in [2.75, 3.05) is 6.54 Å². The van der Waals surface area contributed by atoms with Gasteiger partial charge >= 0.3 is 5.97 Å². The maximum atomic E-state index is 11.8. The topological polar surface area (TPSA) is 92.2 Å². The van der Waals surface area contributed by atoms with Crippen LogP contribution in [0, 0.1) is 5.92 Å². The van der Waals surface area contributed by atoms with E-state index in [9.17, 15) is 9.59 Å². The second-order valence-corrected chi connectivity index (χ2v) is 4.79. The van der Waals surface area contributed by atoms with Crippen molar-refractivity contribution in [2.45, 2.75) is 33.1 Å². The molecule has 0 saturated carbocycles. The van der Waals surface area contributed by atoms with Gasteiger partial charge < -0.3 is 10.4 Å². The van der Waals surface area contributed by atoms with Crippen molar-refractivity contribution >= 4 is 23.4 Å². The third kappa shape index (κ3) is 4.06. The van der Waals surface area contributed by atoms with E-state index < -0.39 is 5.97 Å². The first-order valence-corrected chi connectivity index (χ1v) is 6.65. The first-order chi connectivity index (χ1) is 8.56. The minimum absolute atomic E-state index is 0.176. The molecular weight excluding hydrogens is 254 g/mol. The summed E-state index contributed by atoms with van der Waals surface area (Å²) in [6, 6.07) is 0. The number of carbonyl (C=O) groups excluding carboxylic acids is 1. The quantitative estimate of drug-likeness (QED) is 0.730. The molecule has 1 amide bonds. The number of hydrogen-bond donors (Lipinski definition) is 2. The largest absolute Gasteiger partial charge is 0.481 e. The fraction of sp³-hybridized carbons (Fsp3) is 0.636. The van der Waals surface area contributed by atoms with Gasteiger partial charge in [-0.2, -0.15) is 0 Å². The lowest BCUT2D eigenvalue weighted by Crippen LogP contribution is -2.25. The summed E-state index contributed by atoms with van der Waals surface area (Å²) in [6.45, 7) is 4.05. The monoisotopic (exact) mass is 271 g/mol. The van der Waals surface area contributed by atoms with Crippen LogP contribution in [-0.4, -0.2) is 33.1 Å². The summed E-state index contributed by atoms with van der Waals surface area (Å²) < 4.78 is 3.75. The first kappa shape index (κ1) is 14.6. The van der Waals surface area contributed by atoms with E-state index in [0.717, 1.165) is 11.5 Å². The molecule has 1 heterocycles. The van der Waals surface area contributed by atoms with Crippen molar-refractivity contribution < 1.29 is 14.7 Å². The van der Waals surface area contributed by atoms with Crippen LogP contribution in [0.4, 0.5) is 0 Å². The second-order valence-electron chi connectivity index (χ2n) is 4.04. The van der Waals surface area contributed by atoms with Crippen LogP contribution in [0.15, 0.2) is 0 Å². The molecule has 0 fully saturated rings. The second kappa shape index (κ2) is 7.05. The molecule has 0 aliphatic rings. The van der Waals surface area contributed by atoms with Crippen molar-refractivity contribution in [1.29, 1.82) is 0 Å². The summed E-state index contributed by atoms with van der Waals surface area (Å²) in [7, 11) is 0. The Labute approximate surface area is 110 Å². The van der Waals surface area contributed by atoms with Crippen molar-refractivity contribution in [1.82, 2.24) is 14.9 Å². The fourth-order valence-electron chi connectivity index (χ4n) is 1.43. The highest BCUT2D eigenvalue weighted by Gasteiger charge is 2.15. The summed E-state index contributed by atoms with van der Waals surface area (Å²) in [5.74, 6) is -1.36. The molecule has 1 aromatic heterocycles. The number of nitrogens with zero attached hydrogens (tertiary/aromatic N) is 2. The SMILES string of the molecule is CCc1nnsc1C(=O)NCCCC(C)C(=O)O. The van der Waals surface area contributed by atoms with E-state index in [-0.39, 0.29) is 11.8 Å². The molecule has 1 aromatic rings. The molecular formula is C11H17N3O3S. The molecule has 0 saturated heterocycles. The highest BCUT2D eigenvalue weighted by molar-refractivity contribution is 7.08. The molecule has 0 radical (unpaired) electrons. The Kier molecular flexibility index (Phi) is 5.70. The molecule has 100 valence electrons. The van der Waals surface area contributed by atoms with E-state index in [4.69, 9.17) is 5.11 Å². The molecule has 0 aromatic carbocycles. The van der Waals surface area contributed by atoms with E-state index in [0.29, 0.717) is 36.4 Å². The van der Waals surface area contributed by atoms with E-state index in [1.165, 1.54) is 0 Å². The third-order valence-corrected chi connectivity index (χ3v) is 3.38. The molecule has 6 nitrogen and oxygen atoms in total. The van der Waals surface area contributed by atoms with Gasteiger partial charge in [0.15, 0.2) is 0 Å². The Morgan fingerprint density at radius 2 is 2.22 bits per heavy atom. The zero-order valence-electron chi connectivity index (χ0n) is 10.5. The van der Waals surface area contributed by atoms with Crippen LogP contribution in [0.3, 0.4) is 0 Å². The van der Waals surface area contributed by atoms with Gasteiger partial charge in [-0.15, -0.1) is 5.10 Å². The van der Waals surface area contributed by atoms with Gasteiger partial charge in [0, 0.05) is 6.54 Å². The van der Waals surface area contributed by atoms with Gasteiger partial charge in [0.05, 0.1) is 11.6 Å². The molecule has 18 heavy (non-hydrogen) atoms. The highest BCUT2D eigenvalue weighted by atomic mass is 32.1. The Hall–Kier alpha value is -1.50. The van der Waals surface area contributed by atoms with Gasteiger partial charge in [0.2, 0.25) is 0 Å². The van der Waals surface area contributed by atoms with Crippen molar-refractivity contribution in [3.05, 3.63) is 10.6 Å². The lowest BCUT2D eigenvalue weighted by Gasteiger charge is -2.06. The van der Waals surface area contributed by atoms with Gasteiger partial charge in [-0.25, -0.2) is 0 Å². The van der Waals surface area contributed by atoms with Crippen LogP contribution in [0.25, 0.3) is 0 Å². The van der Waals surface area contributed by atoms with E-state index in [1.54, 1.807) is 6.92 Å². The minimum Gasteiger partial charge on any atom is -0.481 e. The summed E-state index contributed by atoms with van der Waals surface area (Å²) in [4.78, 5) is 22.9. The average molecular weight is 271 g/mol.